The van der Waals surface area contributed by atoms with Crippen LogP contribution in [0.4, 0.5) is 5.69 Å². The van der Waals surface area contributed by atoms with Crippen molar-refractivity contribution >= 4 is 21.6 Å². The number of hydrogen-bond acceptors (Lipinski definition) is 3. The molecule has 1 atom stereocenters. The number of hydrogen-bond donors (Lipinski definition) is 0. The van der Waals surface area contributed by atoms with Gasteiger partial charge in [0, 0.05) is 23.6 Å². The molecule has 1 aliphatic rings. The summed E-state index contributed by atoms with van der Waals surface area (Å²) in [5, 5.41) is 9.14. The van der Waals surface area contributed by atoms with Gasteiger partial charge in [0.25, 0.3) is 0 Å². The molecule has 0 bridgehead atoms. The number of nitrogens with zero attached hydrogens (tertiary/aromatic N) is 3. The summed E-state index contributed by atoms with van der Waals surface area (Å²) in [6, 6.07) is 8.69. The molecule has 1 aromatic carbocycles. The van der Waals surface area contributed by atoms with Crippen LogP contribution in [-0.4, -0.2) is 38.1 Å². The third-order valence-corrected chi connectivity index (χ3v) is 3.81. The Hall–Kier alpha value is -1.05. The summed E-state index contributed by atoms with van der Waals surface area (Å²) in [6.45, 7) is 2.02. The highest BCUT2D eigenvalue weighted by molar-refractivity contribution is 9.10. The molecule has 0 aliphatic carbocycles. The van der Waals surface area contributed by atoms with Crippen LogP contribution in [0.2, 0.25) is 0 Å². The fourth-order valence-corrected chi connectivity index (χ4v) is 2.59. The molecular weight excluding hydrogens is 278 g/mol. The van der Waals surface area contributed by atoms with Gasteiger partial charge in [0.2, 0.25) is 0 Å². The zero-order chi connectivity index (χ0) is 12.4. The Kier molecular flexibility index (Phi) is 3.70. The Morgan fingerprint density at radius 3 is 2.82 bits per heavy atom. The van der Waals surface area contributed by atoms with Crippen LogP contribution in [0.5, 0.6) is 0 Å². The van der Waals surface area contributed by atoms with E-state index in [1.54, 1.807) is 0 Å². The first kappa shape index (κ1) is 12.4. The number of likely N-dealkylation sites (N-methyl/N-ethyl adjacent to an activating group) is 1. The maximum Gasteiger partial charge on any atom is 0.101 e. The summed E-state index contributed by atoms with van der Waals surface area (Å²) in [4.78, 5) is 4.55. The normalized spacial score (nSPS) is 19.7. The number of anilines is 1. The predicted molar refractivity (Wildman–Crippen MR) is 73.2 cm³/mol. The molecule has 0 amide bonds. The van der Waals surface area contributed by atoms with E-state index in [0.29, 0.717) is 6.04 Å². The summed E-state index contributed by atoms with van der Waals surface area (Å²) < 4.78 is 1.03. The zero-order valence-electron chi connectivity index (χ0n) is 10.2. The van der Waals surface area contributed by atoms with Gasteiger partial charge >= 0.3 is 0 Å². The Bertz CT molecular complexity index is 450. The molecule has 0 radical (unpaired) electrons. The first-order valence-corrected chi connectivity index (χ1v) is 6.52. The lowest BCUT2D eigenvalue weighted by atomic mass is 10.2. The van der Waals surface area contributed by atoms with E-state index < -0.39 is 0 Å². The first-order valence-electron chi connectivity index (χ1n) is 5.73. The molecule has 1 fully saturated rings. The topological polar surface area (TPSA) is 30.3 Å². The van der Waals surface area contributed by atoms with E-state index in [2.05, 4.69) is 45.9 Å². The summed E-state index contributed by atoms with van der Waals surface area (Å²) in [7, 11) is 4.22. The first-order chi connectivity index (χ1) is 8.11. The number of rotatable bonds is 2. The Morgan fingerprint density at radius 2 is 2.24 bits per heavy atom. The van der Waals surface area contributed by atoms with Crippen molar-refractivity contribution in [3.05, 3.63) is 28.2 Å². The van der Waals surface area contributed by atoms with E-state index in [4.69, 9.17) is 5.26 Å². The van der Waals surface area contributed by atoms with Gasteiger partial charge in [0.05, 0.1) is 11.3 Å². The van der Waals surface area contributed by atoms with Crippen LogP contribution in [0.1, 0.15) is 12.0 Å². The third kappa shape index (κ3) is 2.62. The van der Waals surface area contributed by atoms with Crippen LogP contribution >= 0.6 is 15.9 Å². The van der Waals surface area contributed by atoms with Gasteiger partial charge in [-0.25, -0.2) is 0 Å². The second kappa shape index (κ2) is 5.07. The van der Waals surface area contributed by atoms with Gasteiger partial charge < -0.3 is 9.80 Å². The lowest BCUT2D eigenvalue weighted by Crippen LogP contribution is -2.31. The minimum absolute atomic E-state index is 0.584. The van der Waals surface area contributed by atoms with Gasteiger partial charge in [-0.1, -0.05) is 15.9 Å². The minimum Gasteiger partial charge on any atom is -0.369 e. The van der Waals surface area contributed by atoms with E-state index >= 15 is 0 Å². The van der Waals surface area contributed by atoms with Crippen molar-refractivity contribution in [2.75, 3.05) is 32.1 Å². The number of halogens is 1. The molecule has 0 spiro atoms. The molecule has 1 saturated heterocycles. The third-order valence-electron chi connectivity index (χ3n) is 3.31. The van der Waals surface area contributed by atoms with Crippen molar-refractivity contribution in [3.8, 4) is 6.07 Å². The van der Waals surface area contributed by atoms with Crippen molar-refractivity contribution in [1.29, 1.82) is 5.26 Å². The van der Waals surface area contributed by atoms with Gasteiger partial charge in [-0.3, -0.25) is 0 Å². The molecular formula is C13H16BrN3. The molecule has 0 aromatic heterocycles. The minimum atomic E-state index is 0.584. The average Bonchev–Trinajstić information content (AvgIpc) is 2.78. The Labute approximate surface area is 111 Å². The summed E-state index contributed by atoms with van der Waals surface area (Å²) in [5.41, 5.74) is 1.80. The second-order valence-electron chi connectivity index (χ2n) is 4.63. The Balaban J connectivity index is 2.24. The van der Waals surface area contributed by atoms with Crippen molar-refractivity contribution in [1.82, 2.24) is 4.90 Å². The molecule has 1 aliphatic heterocycles. The van der Waals surface area contributed by atoms with Gasteiger partial charge in [-0.2, -0.15) is 5.26 Å². The largest absolute Gasteiger partial charge is 0.369 e. The van der Waals surface area contributed by atoms with Gasteiger partial charge in [-0.15, -0.1) is 0 Å². The molecule has 1 aromatic rings. The molecule has 2 rings (SSSR count). The van der Waals surface area contributed by atoms with E-state index in [1.165, 1.54) is 0 Å². The fourth-order valence-electron chi connectivity index (χ4n) is 2.24. The maximum absolute atomic E-state index is 9.14. The van der Waals surface area contributed by atoms with E-state index in [0.717, 1.165) is 35.2 Å². The molecule has 17 heavy (non-hydrogen) atoms. The van der Waals surface area contributed by atoms with Crippen LogP contribution in [0.15, 0.2) is 22.7 Å². The molecule has 1 unspecified atom stereocenters. The quantitative estimate of drug-likeness (QED) is 0.839. The van der Waals surface area contributed by atoms with Crippen LogP contribution in [0.3, 0.4) is 0 Å². The lowest BCUT2D eigenvalue weighted by molar-refractivity contribution is 0.315. The average molecular weight is 294 g/mol. The predicted octanol–water partition coefficient (Wildman–Crippen LogP) is 2.46. The maximum atomic E-state index is 9.14. The van der Waals surface area contributed by atoms with Gasteiger partial charge in [0.1, 0.15) is 6.07 Å². The van der Waals surface area contributed by atoms with Crippen molar-refractivity contribution in [2.45, 2.75) is 12.5 Å². The monoisotopic (exact) mass is 293 g/mol. The van der Waals surface area contributed by atoms with Gasteiger partial charge in [0.15, 0.2) is 0 Å². The Morgan fingerprint density at radius 1 is 1.47 bits per heavy atom. The van der Waals surface area contributed by atoms with Crippen LogP contribution in [-0.2, 0) is 0 Å². The zero-order valence-corrected chi connectivity index (χ0v) is 11.7. The lowest BCUT2D eigenvalue weighted by Gasteiger charge is -2.22. The van der Waals surface area contributed by atoms with E-state index in [-0.39, 0.29) is 0 Å². The molecule has 3 nitrogen and oxygen atoms in total. The summed E-state index contributed by atoms with van der Waals surface area (Å²) in [6.07, 6.45) is 1.16. The summed E-state index contributed by atoms with van der Waals surface area (Å²) >= 11 is 3.47. The van der Waals surface area contributed by atoms with Crippen LogP contribution < -0.4 is 4.90 Å². The fraction of sp³-hybridized carbons (Fsp3) is 0.462. The number of nitriles is 1. The SMILES string of the molecule is CN(C)C1CCN(c2cc(Br)ccc2C#N)C1. The molecule has 4 heteroatoms. The number of benzene rings is 1. The highest BCUT2D eigenvalue weighted by Crippen LogP contribution is 2.28. The molecule has 90 valence electrons. The second-order valence-corrected chi connectivity index (χ2v) is 5.54. The van der Waals surface area contributed by atoms with Gasteiger partial charge in [-0.05, 0) is 38.7 Å². The molecule has 0 N–H and O–H groups in total. The van der Waals surface area contributed by atoms with Crippen molar-refractivity contribution in [2.24, 2.45) is 0 Å². The van der Waals surface area contributed by atoms with Crippen LogP contribution in [0.25, 0.3) is 0 Å². The van der Waals surface area contributed by atoms with E-state index in [9.17, 15) is 0 Å². The van der Waals surface area contributed by atoms with Crippen molar-refractivity contribution < 1.29 is 0 Å². The molecule has 1 heterocycles. The summed E-state index contributed by atoms with van der Waals surface area (Å²) in [5.74, 6) is 0. The highest BCUT2D eigenvalue weighted by Gasteiger charge is 2.25. The smallest absolute Gasteiger partial charge is 0.101 e. The standard InChI is InChI=1S/C13H16BrN3/c1-16(2)12-5-6-17(9-12)13-7-11(14)4-3-10(13)8-15/h3-4,7,12H,5-6,9H2,1-2H3. The van der Waals surface area contributed by atoms with E-state index in [1.807, 2.05) is 18.2 Å². The highest BCUT2D eigenvalue weighted by atomic mass is 79.9. The van der Waals surface area contributed by atoms with Crippen LogP contribution in [0, 0.1) is 11.3 Å². The van der Waals surface area contributed by atoms with Crippen molar-refractivity contribution in [3.63, 3.8) is 0 Å². The molecule has 0 saturated carbocycles.